The molecule has 0 amide bonds. The van der Waals surface area contributed by atoms with Crippen LogP contribution in [0.4, 0.5) is 0 Å². The molecule has 0 aliphatic rings. The van der Waals surface area contributed by atoms with Crippen LogP contribution in [0.1, 0.15) is 5.56 Å². The van der Waals surface area contributed by atoms with Crippen molar-refractivity contribution in [2.24, 2.45) is 0 Å². The van der Waals surface area contributed by atoms with Crippen molar-refractivity contribution in [2.75, 3.05) is 32.2 Å². The summed E-state index contributed by atoms with van der Waals surface area (Å²) in [4.78, 5) is 15.4. The van der Waals surface area contributed by atoms with Crippen molar-refractivity contribution in [3.63, 3.8) is 0 Å². The molecule has 0 aliphatic heterocycles. The van der Waals surface area contributed by atoms with E-state index in [1.54, 1.807) is 7.11 Å². The van der Waals surface area contributed by atoms with E-state index in [0.29, 0.717) is 17.8 Å². The van der Waals surface area contributed by atoms with Crippen molar-refractivity contribution in [2.45, 2.75) is 6.42 Å². The average Bonchev–Trinajstić information content (AvgIpc) is 3.23. The molecule has 6 nitrogen and oxygen atoms in total. The van der Waals surface area contributed by atoms with Gasteiger partial charge in [-0.05, 0) is 47.7 Å². The standard InChI is InChI=1S/C23H24N2O4S2.ClH/c1-29-19-8-7-18-21(17-10-13-30-22(17)23(26)25-18)20(19)16-5-3-15(4-6-16)9-11-24-12-14-31(2,27)28;/h3-8,10,13,24H,9,11-12,14H2,1-2H3,(H,25,26);1H. The van der Waals surface area contributed by atoms with Crippen molar-refractivity contribution in [3.05, 3.63) is 63.8 Å². The fourth-order valence-corrected chi connectivity index (χ4v) is 5.05. The van der Waals surface area contributed by atoms with Gasteiger partial charge in [-0.3, -0.25) is 4.79 Å². The molecule has 170 valence electrons. The fraction of sp³-hybridized carbons (Fsp3) is 0.261. The number of nitrogens with one attached hydrogen (secondary N) is 2. The summed E-state index contributed by atoms with van der Waals surface area (Å²) >= 11 is 1.43. The highest BCUT2D eigenvalue weighted by atomic mass is 35.5. The highest BCUT2D eigenvalue weighted by molar-refractivity contribution is 7.90. The Morgan fingerprint density at radius 1 is 1.06 bits per heavy atom. The maximum atomic E-state index is 12.4. The monoisotopic (exact) mass is 492 g/mol. The van der Waals surface area contributed by atoms with Crippen molar-refractivity contribution in [1.82, 2.24) is 10.3 Å². The van der Waals surface area contributed by atoms with Crippen LogP contribution in [0.15, 0.2) is 52.6 Å². The van der Waals surface area contributed by atoms with Gasteiger partial charge in [0.1, 0.15) is 20.3 Å². The van der Waals surface area contributed by atoms with Gasteiger partial charge in [0.05, 0.1) is 12.9 Å². The Kier molecular flexibility index (Phi) is 7.61. The van der Waals surface area contributed by atoms with Crippen LogP contribution in [-0.2, 0) is 16.3 Å². The molecule has 0 unspecified atom stereocenters. The first-order chi connectivity index (χ1) is 14.9. The Morgan fingerprint density at radius 3 is 2.50 bits per heavy atom. The summed E-state index contributed by atoms with van der Waals surface area (Å²) in [5.74, 6) is 0.897. The van der Waals surface area contributed by atoms with E-state index in [1.807, 2.05) is 23.6 Å². The van der Waals surface area contributed by atoms with Gasteiger partial charge in [0.2, 0.25) is 0 Å². The second kappa shape index (κ2) is 10.0. The van der Waals surface area contributed by atoms with Crippen LogP contribution in [0.5, 0.6) is 5.75 Å². The molecule has 2 N–H and O–H groups in total. The molecular formula is C23H25ClN2O4S2. The number of sulfone groups is 1. The Morgan fingerprint density at radius 2 is 1.81 bits per heavy atom. The Labute approximate surface area is 197 Å². The van der Waals surface area contributed by atoms with Gasteiger partial charge in [-0.1, -0.05) is 24.3 Å². The lowest BCUT2D eigenvalue weighted by molar-refractivity contribution is 0.417. The van der Waals surface area contributed by atoms with E-state index >= 15 is 0 Å². The number of halogens is 1. The molecule has 2 heterocycles. The molecule has 0 aliphatic carbocycles. The van der Waals surface area contributed by atoms with E-state index in [0.717, 1.165) is 45.1 Å². The number of benzene rings is 2. The van der Waals surface area contributed by atoms with Gasteiger partial charge in [-0.25, -0.2) is 8.42 Å². The van der Waals surface area contributed by atoms with Crippen LogP contribution in [0, 0.1) is 0 Å². The second-order valence-electron chi connectivity index (χ2n) is 7.51. The van der Waals surface area contributed by atoms with Gasteiger partial charge in [0, 0.05) is 34.7 Å². The van der Waals surface area contributed by atoms with E-state index in [1.165, 1.54) is 17.6 Å². The summed E-state index contributed by atoms with van der Waals surface area (Å²) in [5.41, 5.74) is 3.83. The second-order valence-corrected chi connectivity index (χ2v) is 10.7. The fourth-order valence-electron chi connectivity index (χ4n) is 3.74. The summed E-state index contributed by atoms with van der Waals surface area (Å²) in [5, 5.41) is 7.01. The summed E-state index contributed by atoms with van der Waals surface area (Å²) in [6, 6.07) is 14.0. The summed E-state index contributed by atoms with van der Waals surface area (Å²) < 4.78 is 28.8. The predicted molar refractivity (Wildman–Crippen MR) is 135 cm³/mol. The van der Waals surface area contributed by atoms with E-state index in [4.69, 9.17) is 4.74 Å². The maximum absolute atomic E-state index is 12.4. The third-order valence-electron chi connectivity index (χ3n) is 5.26. The lowest BCUT2D eigenvalue weighted by Gasteiger charge is -2.14. The first-order valence-electron chi connectivity index (χ1n) is 9.95. The van der Waals surface area contributed by atoms with E-state index in [9.17, 15) is 13.2 Å². The molecule has 4 rings (SSSR count). The number of ether oxygens (including phenoxy) is 1. The number of rotatable bonds is 8. The molecule has 32 heavy (non-hydrogen) atoms. The lowest BCUT2D eigenvalue weighted by Crippen LogP contribution is -2.24. The number of aromatic amines is 1. The molecule has 4 aromatic rings. The minimum absolute atomic E-state index is 0. The zero-order valence-corrected chi connectivity index (χ0v) is 20.3. The van der Waals surface area contributed by atoms with Crippen molar-refractivity contribution in [3.8, 4) is 16.9 Å². The minimum Gasteiger partial charge on any atom is -0.496 e. The number of hydrogen-bond donors (Lipinski definition) is 2. The van der Waals surface area contributed by atoms with Gasteiger partial charge in [-0.2, -0.15) is 0 Å². The van der Waals surface area contributed by atoms with Gasteiger partial charge in [0.15, 0.2) is 0 Å². The largest absolute Gasteiger partial charge is 0.496 e. The highest BCUT2D eigenvalue weighted by Gasteiger charge is 2.16. The van der Waals surface area contributed by atoms with E-state index in [2.05, 4.69) is 34.6 Å². The number of methoxy groups -OCH3 is 1. The maximum Gasteiger partial charge on any atom is 0.266 e. The molecule has 0 saturated heterocycles. The third-order valence-corrected chi connectivity index (χ3v) is 7.12. The number of aromatic nitrogens is 1. The van der Waals surface area contributed by atoms with Crippen LogP contribution in [-0.4, -0.2) is 45.6 Å². The van der Waals surface area contributed by atoms with Crippen LogP contribution in [0.2, 0.25) is 0 Å². The smallest absolute Gasteiger partial charge is 0.266 e. The van der Waals surface area contributed by atoms with Crippen molar-refractivity contribution < 1.29 is 13.2 Å². The Hall–Kier alpha value is -2.39. The first-order valence-corrected chi connectivity index (χ1v) is 12.9. The van der Waals surface area contributed by atoms with Gasteiger partial charge < -0.3 is 15.0 Å². The highest BCUT2D eigenvalue weighted by Crippen LogP contribution is 2.40. The number of fused-ring (bicyclic) bond motifs is 3. The van der Waals surface area contributed by atoms with Crippen LogP contribution in [0.3, 0.4) is 0 Å². The molecule has 2 aromatic carbocycles. The number of H-pyrrole nitrogens is 1. The van der Waals surface area contributed by atoms with E-state index < -0.39 is 9.84 Å². The molecular weight excluding hydrogens is 468 g/mol. The average molecular weight is 493 g/mol. The molecule has 0 bridgehead atoms. The van der Waals surface area contributed by atoms with Crippen LogP contribution < -0.4 is 15.6 Å². The van der Waals surface area contributed by atoms with Gasteiger partial charge in [0.25, 0.3) is 5.56 Å². The molecule has 0 spiro atoms. The zero-order valence-electron chi connectivity index (χ0n) is 17.8. The molecule has 0 radical (unpaired) electrons. The lowest BCUT2D eigenvalue weighted by atomic mass is 9.96. The van der Waals surface area contributed by atoms with E-state index in [-0.39, 0.29) is 23.7 Å². The van der Waals surface area contributed by atoms with Crippen molar-refractivity contribution >= 4 is 54.6 Å². The Balaban J connectivity index is 0.00000289. The van der Waals surface area contributed by atoms with Crippen molar-refractivity contribution in [1.29, 1.82) is 0 Å². The number of thiophene rings is 1. The van der Waals surface area contributed by atoms with Crippen LogP contribution in [0.25, 0.3) is 32.1 Å². The van der Waals surface area contributed by atoms with Gasteiger partial charge >= 0.3 is 0 Å². The molecule has 0 saturated carbocycles. The first kappa shape index (κ1) is 24.3. The van der Waals surface area contributed by atoms with Gasteiger partial charge in [-0.15, -0.1) is 23.7 Å². The Bertz CT molecular complexity index is 1390. The summed E-state index contributed by atoms with van der Waals surface area (Å²) in [6.07, 6.45) is 2.05. The van der Waals surface area contributed by atoms with Crippen LogP contribution >= 0.6 is 23.7 Å². The molecule has 0 fully saturated rings. The normalized spacial score (nSPS) is 11.6. The minimum atomic E-state index is -2.94. The molecule has 0 atom stereocenters. The predicted octanol–water partition coefficient (Wildman–Crippen LogP) is 4.02. The summed E-state index contributed by atoms with van der Waals surface area (Å²) in [6.45, 7) is 1.17. The topological polar surface area (TPSA) is 88.3 Å². The number of hydrogen-bond acceptors (Lipinski definition) is 6. The number of pyridine rings is 1. The molecule has 9 heteroatoms. The molecule has 2 aromatic heterocycles. The summed E-state index contributed by atoms with van der Waals surface area (Å²) in [7, 11) is -1.29. The quantitative estimate of drug-likeness (QED) is 0.363. The third kappa shape index (κ3) is 5.15. The SMILES string of the molecule is COc1ccc2[nH]c(=O)c3sccc3c2c1-c1ccc(CCNCCS(C)(=O)=O)cc1.Cl. The zero-order chi connectivity index (χ0) is 22.0.